The zero-order chi connectivity index (χ0) is 13.7. The molecule has 0 saturated heterocycles. The standard InChI is InChI=1S/C17H16O2/c1-17(13-12-16(18)19,14-8-4-2-5-9-14)15-10-6-3-7-11-15/h2-13H,1H3,(H,18,19)/b13-12+. The van der Waals surface area contributed by atoms with Gasteiger partial charge in [0.05, 0.1) is 0 Å². The van der Waals surface area contributed by atoms with E-state index in [-0.39, 0.29) is 0 Å². The van der Waals surface area contributed by atoms with Crippen LogP contribution >= 0.6 is 0 Å². The van der Waals surface area contributed by atoms with Crippen molar-refractivity contribution in [2.75, 3.05) is 0 Å². The van der Waals surface area contributed by atoms with Crippen LogP contribution in [0.3, 0.4) is 0 Å². The third-order valence-electron chi connectivity index (χ3n) is 3.31. The predicted molar refractivity (Wildman–Crippen MR) is 76.1 cm³/mol. The number of hydrogen-bond acceptors (Lipinski definition) is 1. The van der Waals surface area contributed by atoms with Crippen LogP contribution in [0, 0.1) is 0 Å². The van der Waals surface area contributed by atoms with Crippen molar-refractivity contribution >= 4 is 5.97 Å². The lowest BCUT2D eigenvalue weighted by Gasteiger charge is -2.27. The number of allylic oxidation sites excluding steroid dienone is 1. The monoisotopic (exact) mass is 252 g/mol. The quantitative estimate of drug-likeness (QED) is 0.844. The Balaban J connectivity index is 2.54. The Morgan fingerprint density at radius 2 is 1.37 bits per heavy atom. The highest BCUT2D eigenvalue weighted by Gasteiger charge is 2.25. The molecule has 0 aliphatic rings. The summed E-state index contributed by atoms with van der Waals surface area (Å²) in [5.41, 5.74) is 1.69. The molecule has 0 fully saturated rings. The first-order valence-electron chi connectivity index (χ1n) is 6.16. The van der Waals surface area contributed by atoms with Gasteiger partial charge in [0, 0.05) is 11.5 Å². The Labute approximate surface area is 113 Å². The fraction of sp³-hybridized carbons (Fsp3) is 0.118. The zero-order valence-corrected chi connectivity index (χ0v) is 10.8. The van der Waals surface area contributed by atoms with E-state index in [4.69, 9.17) is 5.11 Å². The maximum Gasteiger partial charge on any atom is 0.328 e. The molecule has 0 radical (unpaired) electrons. The Morgan fingerprint density at radius 1 is 0.947 bits per heavy atom. The molecule has 0 amide bonds. The van der Waals surface area contributed by atoms with Crippen LogP contribution in [0.5, 0.6) is 0 Å². The summed E-state index contributed by atoms with van der Waals surface area (Å²) < 4.78 is 0. The largest absolute Gasteiger partial charge is 0.478 e. The summed E-state index contributed by atoms with van der Waals surface area (Å²) in [6, 6.07) is 19.8. The summed E-state index contributed by atoms with van der Waals surface area (Å²) in [7, 11) is 0. The van der Waals surface area contributed by atoms with Crippen molar-refractivity contribution in [3.05, 3.63) is 83.9 Å². The molecule has 2 rings (SSSR count). The van der Waals surface area contributed by atoms with Gasteiger partial charge in [-0.25, -0.2) is 4.79 Å². The SMILES string of the molecule is CC(/C=C/C(=O)O)(c1ccccc1)c1ccccc1. The minimum absolute atomic E-state index is 0.444. The molecule has 0 spiro atoms. The maximum absolute atomic E-state index is 10.8. The molecule has 0 saturated carbocycles. The Kier molecular flexibility index (Phi) is 3.81. The first-order chi connectivity index (χ1) is 9.13. The fourth-order valence-corrected chi connectivity index (χ4v) is 2.17. The minimum Gasteiger partial charge on any atom is -0.478 e. The number of hydrogen-bond donors (Lipinski definition) is 1. The number of benzene rings is 2. The molecule has 0 aromatic heterocycles. The van der Waals surface area contributed by atoms with E-state index >= 15 is 0 Å². The van der Waals surface area contributed by atoms with Crippen molar-refractivity contribution in [3.63, 3.8) is 0 Å². The summed E-state index contributed by atoms with van der Waals surface area (Å²) in [5, 5.41) is 8.88. The van der Waals surface area contributed by atoms with Gasteiger partial charge in [-0.05, 0) is 18.1 Å². The van der Waals surface area contributed by atoms with Gasteiger partial charge in [-0.3, -0.25) is 0 Å². The van der Waals surface area contributed by atoms with E-state index in [0.29, 0.717) is 0 Å². The number of carboxylic acid groups (broad SMARTS) is 1. The van der Waals surface area contributed by atoms with Crippen LogP contribution in [0.4, 0.5) is 0 Å². The lowest BCUT2D eigenvalue weighted by molar-refractivity contribution is -0.131. The number of carboxylic acids is 1. The highest BCUT2D eigenvalue weighted by Crippen LogP contribution is 2.33. The molecule has 96 valence electrons. The molecule has 19 heavy (non-hydrogen) atoms. The van der Waals surface area contributed by atoms with Crippen LogP contribution in [0.1, 0.15) is 18.1 Å². The molecule has 0 atom stereocenters. The molecule has 1 N–H and O–H groups in total. The Morgan fingerprint density at radius 3 is 1.74 bits per heavy atom. The van der Waals surface area contributed by atoms with Gasteiger partial charge in [0.25, 0.3) is 0 Å². The molecule has 0 unspecified atom stereocenters. The van der Waals surface area contributed by atoms with Gasteiger partial charge >= 0.3 is 5.97 Å². The summed E-state index contributed by atoms with van der Waals surface area (Å²) in [4.78, 5) is 10.8. The van der Waals surface area contributed by atoms with Crippen LogP contribution in [0.2, 0.25) is 0 Å². The third kappa shape index (κ3) is 2.91. The summed E-state index contributed by atoms with van der Waals surface area (Å²) in [5.74, 6) is -0.932. The highest BCUT2D eigenvalue weighted by atomic mass is 16.4. The van der Waals surface area contributed by atoms with E-state index in [1.54, 1.807) is 6.08 Å². The normalized spacial score (nSPS) is 11.6. The van der Waals surface area contributed by atoms with E-state index in [0.717, 1.165) is 11.1 Å². The lowest BCUT2D eigenvalue weighted by Crippen LogP contribution is -2.21. The van der Waals surface area contributed by atoms with E-state index in [2.05, 4.69) is 0 Å². The minimum atomic E-state index is -0.932. The van der Waals surface area contributed by atoms with Crippen molar-refractivity contribution in [1.82, 2.24) is 0 Å². The van der Waals surface area contributed by atoms with Gasteiger partial charge in [-0.15, -0.1) is 0 Å². The molecule has 0 aliphatic heterocycles. The average Bonchev–Trinajstić information content (AvgIpc) is 2.46. The van der Waals surface area contributed by atoms with Gasteiger partial charge in [0.2, 0.25) is 0 Å². The van der Waals surface area contributed by atoms with Gasteiger partial charge in [0.1, 0.15) is 0 Å². The molecular weight excluding hydrogens is 236 g/mol. The van der Waals surface area contributed by atoms with E-state index in [1.165, 1.54) is 6.08 Å². The van der Waals surface area contributed by atoms with E-state index < -0.39 is 11.4 Å². The first-order valence-corrected chi connectivity index (χ1v) is 6.16. The van der Waals surface area contributed by atoms with Crippen LogP contribution in [-0.2, 0) is 10.2 Å². The molecular formula is C17H16O2. The Hall–Kier alpha value is -2.35. The summed E-state index contributed by atoms with van der Waals surface area (Å²) in [6.07, 6.45) is 2.94. The molecule has 0 aliphatic carbocycles. The van der Waals surface area contributed by atoms with Crippen molar-refractivity contribution in [2.24, 2.45) is 0 Å². The number of carbonyl (C=O) groups is 1. The first kappa shape index (κ1) is 13.1. The van der Waals surface area contributed by atoms with Gasteiger partial charge < -0.3 is 5.11 Å². The summed E-state index contributed by atoms with van der Waals surface area (Å²) >= 11 is 0. The predicted octanol–water partition coefficient (Wildman–Crippen LogP) is 3.63. The molecule has 0 bridgehead atoms. The average molecular weight is 252 g/mol. The second kappa shape index (κ2) is 5.53. The second-order valence-corrected chi connectivity index (χ2v) is 4.61. The van der Waals surface area contributed by atoms with Crippen molar-refractivity contribution < 1.29 is 9.90 Å². The van der Waals surface area contributed by atoms with Gasteiger partial charge in [-0.1, -0.05) is 66.7 Å². The van der Waals surface area contributed by atoms with Gasteiger partial charge in [-0.2, -0.15) is 0 Å². The van der Waals surface area contributed by atoms with E-state index in [1.807, 2.05) is 67.6 Å². The van der Waals surface area contributed by atoms with Crippen LogP contribution in [0.15, 0.2) is 72.8 Å². The van der Waals surface area contributed by atoms with Crippen LogP contribution < -0.4 is 0 Å². The number of aliphatic carboxylic acids is 1. The summed E-state index contributed by atoms with van der Waals surface area (Å²) in [6.45, 7) is 2.02. The Bertz CT molecular complexity index is 531. The number of rotatable bonds is 4. The molecule has 2 heteroatoms. The topological polar surface area (TPSA) is 37.3 Å². The second-order valence-electron chi connectivity index (χ2n) is 4.61. The maximum atomic E-state index is 10.8. The van der Waals surface area contributed by atoms with Crippen LogP contribution in [0.25, 0.3) is 0 Å². The molecule has 0 heterocycles. The lowest BCUT2D eigenvalue weighted by atomic mass is 9.76. The van der Waals surface area contributed by atoms with Crippen molar-refractivity contribution in [2.45, 2.75) is 12.3 Å². The third-order valence-corrected chi connectivity index (χ3v) is 3.31. The van der Waals surface area contributed by atoms with Crippen molar-refractivity contribution in [3.8, 4) is 0 Å². The zero-order valence-electron chi connectivity index (χ0n) is 10.8. The van der Waals surface area contributed by atoms with E-state index in [9.17, 15) is 4.79 Å². The van der Waals surface area contributed by atoms with Gasteiger partial charge in [0.15, 0.2) is 0 Å². The molecule has 2 aromatic carbocycles. The molecule has 2 aromatic rings. The van der Waals surface area contributed by atoms with Crippen molar-refractivity contribution in [1.29, 1.82) is 0 Å². The van der Waals surface area contributed by atoms with Crippen LogP contribution in [-0.4, -0.2) is 11.1 Å². The smallest absolute Gasteiger partial charge is 0.328 e. The molecule has 2 nitrogen and oxygen atoms in total. The highest BCUT2D eigenvalue weighted by molar-refractivity contribution is 5.80. The fourth-order valence-electron chi connectivity index (χ4n) is 2.17.